The van der Waals surface area contributed by atoms with Crippen molar-refractivity contribution in [2.75, 3.05) is 13.6 Å². The molecule has 0 spiro atoms. The first-order valence-corrected chi connectivity index (χ1v) is 8.15. The predicted octanol–water partition coefficient (Wildman–Crippen LogP) is 4.50. The first-order valence-electron chi connectivity index (χ1n) is 7.40. The van der Waals surface area contributed by atoms with Crippen LogP contribution in [0.4, 0.5) is 0 Å². The normalized spacial score (nSPS) is 24.9. The van der Waals surface area contributed by atoms with Gasteiger partial charge >= 0.3 is 0 Å². The first kappa shape index (κ1) is 16.1. The van der Waals surface area contributed by atoms with Gasteiger partial charge < -0.3 is 5.73 Å². The fraction of sp³-hybridized carbons (Fsp3) is 0.625. The van der Waals surface area contributed by atoms with E-state index < -0.39 is 0 Å². The van der Waals surface area contributed by atoms with Gasteiger partial charge in [-0.05, 0) is 56.3 Å². The van der Waals surface area contributed by atoms with Crippen molar-refractivity contribution in [1.82, 2.24) is 4.90 Å². The molecule has 1 saturated carbocycles. The van der Waals surface area contributed by atoms with Crippen LogP contribution in [-0.2, 0) is 0 Å². The summed E-state index contributed by atoms with van der Waals surface area (Å²) in [4.78, 5) is 2.42. The lowest BCUT2D eigenvalue weighted by atomic mass is 9.86. The molecule has 2 rings (SSSR count). The number of hydrogen-bond donors (Lipinski definition) is 1. The number of nitrogens with two attached hydrogens (primary N) is 1. The minimum atomic E-state index is 0.211. The molecule has 1 fully saturated rings. The molecular weight excluding hydrogens is 291 g/mol. The Kier molecular flexibility index (Phi) is 5.74. The molecule has 0 aliphatic heterocycles. The van der Waals surface area contributed by atoms with E-state index in [4.69, 9.17) is 28.9 Å². The van der Waals surface area contributed by atoms with Crippen LogP contribution >= 0.6 is 23.2 Å². The van der Waals surface area contributed by atoms with Gasteiger partial charge in [-0.25, -0.2) is 0 Å². The number of likely N-dealkylation sites (N-methyl/N-ethyl adjacent to an activating group) is 1. The van der Waals surface area contributed by atoms with Gasteiger partial charge in [0, 0.05) is 18.6 Å². The molecule has 0 bridgehead atoms. The summed E-state index contributed by atoms with van der Waals surface area (Å²) in [6.45, 7) is 2.94. The van der Waals surface area contributed by atoms with Crippen molar-refractivity contribution in [3.8, 4) is 0 Å². The van der Waals surface area contributed by atoms with Crippen LogP contribution in [0.25, 0.3) is 0 Å². The molecule has 0 aromatic heterocycles. The summed E-state index contributed by atoms with van der Waals surface area (Å²) in [5.41, 5.74) is 7.17. The SMILES string of the molecule is CC1CCC(N(C)C(CN)c2ccc(Cl)c(Cl)c2)CC1. The lowest BCUT2D eigenvalue weighted by Crippen LogP contribution is -2.40. The van der Waals surface area contributed by atoms with Crippen molar-refractivity contribution < 1.29 is 0 Å². The number of halogens is 2. The van der Waals surface area contributed by atoms with E-state index in [0.717, 1.165) is 11.5 Å². The van der Waals surface area contributed by atoms with Crippen LogP contribution in [0.1, 0.15) is 44.2 Å². The van der Waals surface area contributed by atoms with Crippen molar-refractivity contribution in [3.63, 3.8) is 0 Å². The third kappa shape index (κ3) is 3.67. The summed E-state index contributed by atoms with van der Waals surface area (Å²) in [5.74, 6) is 0.862. The second-order valence-corrected chi connectivity index (χ2v) is 6.82. The highest BCUT2D eigenvalue weighted by Gasteiger charge is 2.27. The maximum atomic E-state index is 6.13. The average molecular weight is 315 g/mol. The Morgan fingerprint density at radius 1 is 1.20 bits per heavy atom. The van der Waals surface area contributed by atoms with Crippen molar-refractivity contribution >= 4 is 23.2 Å². The van der Waals surface area contributed by atoms with Crippen LogP contribution < -0.4 is 5.73 Å². The Morgan fingerprint density at radius 3 is 2.40 bits per heavy atom. The number of rotatable bonds is 4. The second-order valence-electron chi connectivity index (χ2n) is 6.00. The number of hydrogen-bond acceptors (Lipinski definition) is 2. The summed E-state index contributed by atoms with van der Waals surface area (Å²) in [6, 6.07) is 6.67. The van der Waals surface area contributed by atoms with Gasteiger partial charge in [-0.3, -0.25) is 4.90 Å². The fourth-order valence-corrected chi connectivity index (χ4v) is 3.47. The highest BCUT2D eigenvalue weighted by atomic mass is 35.5. The molecule has 4 heteroatoms. The van der Waals surface area contributed by atoms with Crippen LogP contribution in [0.3, 0.4) is 0 Å². The van der Waals surface area contributed by atoms with Crippen LogP contribution in [0.15, 0.2) is 18.2 Å². The molecule has 1 unspecified atom stereocenters. The molecule has 0 saturated heterocycles. The van der Waals surface area contributed by atoms with Gasteiger partial charge in [0.05, 0.1) is 10.0 Å². The Balaban J connectivity index is 2.12. The maximum absolute atomic E-state index is 6.13. The molecule has 1 aliphatic rings. The Labute approximate surface area is 132 Å². The molecule has 0 amide bonds. The number of nitrogens with zero attached hydrogens (tertiary/aromatic N) is 1. The lowest BCUT2D eigenvalue weighted by molar-refractivity contribution is 0.126. The summed E-state index contributed by atoms with van der Waals surface area (Å²) in [5, 5.41) is 1.20. The molecule has 2 N–H and O–H groups in total. The lowest BCUT2D eigenvalue weighted by Gasteiger charge is -2.38. The highest BCUT2D eigenvalue weighted by Crippen LogP contribution is 2.33. The third-order valence-corrected chi connectivity index (χ3v) is 5.34. The molecule has 20 heavy (non-hydrogen) atoms. The van der Waals surface area contributed by atoms with Crippen LogP contribution in [-0.4, -0.2) is 24.5 Å². The van der Waals surface area contributed by atoms with Crippen molar-refractivity contribution in [3.05, 3.63) is 33.8 Å². The molecule has 2 nitrogen and oxygen atoms in total. The first-order chi connectivity index (χ1) is 9.52. The zero-order valence-electron chi connectivity index (χ0n) is 12.3. The quantitative estimate of drug-likeness (QED) is 0.886. The smallest absolute Gasteiger partial charge is 0.0595 e. The topological polar surface area (TPSA) is 29.3 Å². The largest absolute Gasteiger partial charge is 0.329 e. The maximum Gasteiger partial charge on any atom is 0.0595 e. The molecule has 1 aromatic carbocycles. The average Bonchev–Trinajstić information content (AvgIpc) is 2.44. The van der Waals surface area contributed by atoms with Gasteiger partial charge in [0.1, 0.15) is 0 Å². The van der Waals surface area contributed by atoms with E-state index in [2.05, 4.69) is 18.9 Å². The van der Waals surface area contributed by atoms with Crippen molar-refractivity contribution in [2.45, 2.75) is 44.7 Å². The van der Waals surface area contributed by atoms with E-state index in [1.165, 1.54) is 25.7 Å². The Bertz CT molecular complexity index is 442. The van der Waals surface area contributed by atoms with Crippen LogP contribution in [0, 0.1) is 5.92 Å². The summed E-state index contributed by atoms with van der Waals surface area (Å²) in [7, 11) is 2.18. The molecule has 112 valence electrons. The van der Waals surface area contributed by atoms with E-state index in [0.29, 0.717) is 22.6 Å². The molecule has 1 atom stereocenters. The fourth-order valence-electron chi connectivity index (χ4n) is 3.16. The molecule has 1 aliphatic carbocycles. The van der Waals surface area contributed by atoms with E-state index in [-0.39, 0.29) is 6.04 Å². The van der Waals surface area contributed by atoms with Gasteiger partial charge in [-0.15, -0.1) is 0 Å². The van der Waals surface area contributed by atoms with E-state index in [1.807, 2.05) is 18.2 Å². The van der Waals surface area contributed by atoms with Gasteiger partial charge in [0.15, 0.2) is 0 Å². The van der Waals surface area contributed by atoms with Crippen molar-refractivity contribution in [2.24, 2.45) is 11.7 Å². The third-order valence-electron chi connectivity index (χ3n) is 4.60. The summed E-state index contributed by atoms with van der Waals surface area (Å²) >= 11 is 12.1. The van der Waals surface area contributed by atoms with E-state index >= 15 is 0 Å². The van der Waals surface area contributed by atoms with Crippen molar-refractivity contribution in [1.29, 1.82) is 0 Å². The van der Waals surface area contributed by atoms with Gasteiger partial charge in [0.2, 0.25) is 0 Å². The summed E-state index contributed by atoms with van der Waals surface area (Å²) < 4.78 is 0. The van der Waals surface area contributed by atoms with Gasteiger partial charge in [0.25, 0.3) is 0 Å². The second kappa shape index (κ2) is 7.13. The zero-order valence-corrected chi connectivity index (χ0v) is 13.8. The number of benzene rings is 1. The molecule has 0 radical (unpaired) electrons. The molecular formula is C16H24Cl2N2. The van der Waals surface area contributed by atoms with Gasteiger partial charge in [-0.2, -0.15) is 0 Å². The minimum absolute atomic E-state index is 0.211. The predicted molar refractivity (Wildman–Crippen MR) is 87.4 cm³/mol. The monoisotopic (exact) mass is 314 g/mol. The Morgan fingerprint density at radius 2 is 1.85 bits per heavy atom. The minimum Gasteiger partial charge on any atom is -0.329 e. The zero-order chi connectivity index (χ0) is 14.7. The van der Waals surface area contributed by atoms with Crippen LogP contribution in [0.5, 0.6) is 0 Å². The molecule has 0 heterocycles. The van der Waals surface area contributed by atoms with Gasteiger partial charge in [-0.1, -0.05) is 36.2 Å². The standard InChI is InChI=1S/C16H24Cl2N2/c1-11-3-6-13(7-4-11)20(2)16(10-19)12-5-8-14(17)15(18)9-12/h5,8-9,11,13,16H,3-4,6-7,10,19H2,1-2H3. The highest BCUT2D eigenvalue weighted by molar-refractivity contribution is 6.42. The van der Waals surface area contributed by atoms with E-state index in [9.17, 15) is 0 Å². The summed E-state index contributed by atoms with van der Waals surface area (Å²) in [6.07, 6.45) is 5.15. The Hall–Kier alpha value is -0.280. The molecule has 1 aromatic rings. The van der Waals surface area contributed by atoms with Crippen LogP contribution in [0.2, 0.25) is 10.0 Å². The van der Waals surface area contributed by atoms with E-state index in [1.54, 1.807) is 0 Å².